The first kappa shape index (κ1) is 13.9. The summed E-state index contributed by atoms with van der Waals surface area (Å²) in [7, 11) is 2.02. The van der Waals surface area contributed by atoms with E-state index in [1.807, 2.05) is 7.05 Å². The predicted molar refractivity (Wildman–Crippen MR) is 77.7 cm³/mol. The van der Waals surface area contributed by atoms with Gasteiger partial charge in [0.25, 0.3) is 0 Å². The predicted octanol–water partition coefficient (Wildman–Crippen LogP) is 3.23. The summed E-state index contributed by atoms with van der Waals surface area (Å²) < 4.78 is 2.09. The van der Waals surface area contributed by atoms with Crippen LogP contribution in [0, 0.1) is 6.92 Å². The Hall–Kier alpha value is -1.49. The number of thioether (sulfide) groups is 1. The summed E-state index contributed by atoms with van der Waals surface area (Å²) in [5, 5.41) is 9.57. The number of carboxylic acid groups (broad SMARTS) is 1. The van der Waals surface area contributed by atoms with E-state index >= 15 is 0 Å². The summed E-state index contributed by atoms with van der Waals surface area (Å²) in [6.07, 6.45) is 1.88. The van der Waals surface area contributed by atoms with E-state index in [4.69, 9.17) is 5.11 Å². The molecule has 4 nitrogen and oxygen atoms in total. The number of unbranched alkanes of at least 4 members (excludes halogenated alkanes) is 1. The minimum atomic E-state index is -0.719. The van der Waals surface area contributed by atoms with Gasteiger partial charge >= 0.3 is 5.97 Å². The van der Waals surface area contributed by atoms with Gasteiger partial charge in [0, 0.05) is 19.2 Å². The standard InChI is InChI=1S/C14H18N2O2S/c1-10-6-7-12-11(9-10)15-14(16(12)2)19-8-4-3-5-13(17)18/h6-7,9H,3-5,8H2,1-2H3,(H,17,18). The van der Waals surface area contributed by atoms with Crippen molar-refractivity contribution in [1.29, 1.82) is 0 Å². The van der Waals surface area contributed by atoms with Crippen molar-refractivity contribution in [2.75, 3.05) is 5.75 Å². The second kappa shape index (κ2) is 6.10. The SMILES string of the molecule is Cc1ccc2c(c1)nc(SCCCCC(=O)O)n2C. The van der Waals surface area contributed by atoms with Crippen molar-refractivity contribution in [1.82, 2.24) is 9.55 Å². The number of nitrogens with zero attached hydrogens (tertiary/aromatic N) is 2. The smallest absolute Gasteiger partial charge is 0.303 e. The van der Waals surface area contributed by atoms with Gasteiger partial charge in [0.1, 0.15) is 0 Å². The Morgan fingerprint density at radius 1 is 1.42 bits per heavy atom. The highest BCUT2D eigenvalue weighted by Crippen LogP contribution is 2.24. The van der Waals surface area contributed by atoms with Crippen molar-refractivity contribution < 1.29 is 9.90 Å². The first-order valence-electron chi connectivity index (χ1n) is 6.35. The molecule has 0 amide bonds. The van der Waals surface area contributed by atoms with Crippen LogP contribution in [0.5, 0.6) is 0 Å². The molecule has 2 rings (SSSR count). The Kier molecular flexibility index (Phi) is 4.47. The zero-order valence-corrected chi connectivity index (χ0v) is 12.0. The summed E-state index contributed by atoms with van der Waals surface area (Å²) in [5.74, 6) is 0.187. The lowest BCUT2D eigenvalue weighted by Gasteiger charge is -2.01. The van der Waals surface area contributed by atoms with Crippen LogP contribution in [-0.4, -0.2) is 26.4 Å². The maximum atomic E-state index is 10.4. The molecule has 0 fully saturated rings. The average molecular weight is 278 g/mol. The van der Waals surface area contributed by atoms with Gasteiger partial charge in [-0.1, -0.05) is 17.8 Å². The summed E-state index contributed by atoms with van der Waals surface area (Å²) in [6, 6.07) is 6.27. The molecule has 0 radical (unpaired) electrons. The molecule has 5 heteroatoms. The quantitative estimate of drug-likeness (QED) is 0.651. The molecule has 0 unspecified atom stereocenters. The van der Waals surface area contributed by atoms with Crippen molar-refractivity contribution in [2.45, 2.75) is 31.3 Å². The van der Waals surface area contributed by atoms with Gasteiger partial charge in [-0.2, -0.15) is 0 Å². The first-order chi connectivity index (χ1) is 9.08. The van der Waals surface area contributed by atoms with Gasteiger partial charge in [0.15, 0.2) is 5.16 Å². The molecular weight excluding hydrogens is 260 g/mol. The topological polar surface area (TPSA) is 55.1 Å². The third-order valence-electron chi connectivity index (χ3n) is 3.01. The van der Waals surface area contributed by atoms with Gasteiger partial charge in [0.05, 0.1) is 11.0 Å². The molecule has 0 aliphatic heterocycles. The third kappa shape index (κ3) is 3.50. The maximum Gasteiger partial charge on any atom is 0.303 e. The largest absolute Gasteiger partial charge is 0.481 e. The van der Waals surface area contributed by atoms with E-state index in [0.29, 0.717) is 0 Å². The van der Waals surface area contributed by atoms with Crippen molar-refractivity contribution >= 4 is 28.8 Å². The molecule has 1 aromatic heterocycles. The molecular formula is C14H18N2O2S. The molecule has 2 aromatic rings. The maximum absolute atomic E-state index is 10.4. The zero-order chi connectivity index (χ0) is 13.8. The Balaban J connectivity index is 1.97. The van der Waals surface area contributed by atoms with Gasteiger partial charge in [0.2, 0.25) is 0 Å². The number of aryl methyl sites for hydroxylation is 2. The Morgan fingerprint density at radius 3 is 2.95 bits per heavy atom. The number of aromatic nitrogens is 2. The molecule has 102 valence electrons. The molecule has 1 aromatic carbocycles. The van der Waals surface area contributed by atoms with E-state index in [1.165, 1.54) is 5.56 Å². The van der Waals surface area contributed by atoms with E-state index in [2.05, 4.69) is 34.7 Å². The molecule has 19 heavy (non-hydrogen) atoms. The van der Waals surface area contributed by atoms with Gasteiger partial charge < -0.3 is 9.67 Å². The number of fused-ring (bicyclic) bond motifs is 1. The molecule has 0 saturated heterocycles. The van der Waals surface area contributed by atoms with Crippen molar-refractivity contribution in [3.8, 4) is 0 Å². The van der Waals surface area contributed by atoms with Crippen LogP contribution in [0.4, 0.5) is 0 Å². The van der Waals surface area contributed by atoms with E-state index in [0.717, 1.165) is 34.8 Å². The van der Waals surface area contributed by atoms with E-state index in [1.54, 1.807) is 11.8 Å². The van der Waals surface area contributed by atoms with Crippen LogP contribution in [0.25, 0.3) is 11.0 Å². The number of carboxylic acids is 1. The highest BCUT2D eigenvalue weighted by Gasteiger charge is 2.08. The number of benzene rings is 1. The Bertz CT molecular complexity index is 592. The molecule has 0 aliphatic rings. The highest BCUT2D eigenvalue weighted by atomic mass is 32.2. The number of rotatable bonds is 6. The van der Waals surface area contributed by atoms with E-state index in [9.17, 15) is 4.79 Å². The Labute approximate surface area is 116 Å². The van der Waals surface area contributed by atoms with Crippen molar-refractivity contribution in [3.63, 3.8) is 0 Å². The first-order valence-corrected chi connectivity index (χ1v) is 7.34. The zero-order valence-electron chi connectivity index (χ0n) is 11.2. The van der Waals surface area contributed by atoms with Crippen LogP contribution in [-0.2, 0) is 11.8 Å². The minimum Gasteiger partial charge on any atom is -0.481 e. The lowest BCUT2D eigenvalue weighted by molar-refractivity contribution is -0.137. The fourth-order valence-electron chi connectivity index (χ4n) is 1.96. The van der Waals surface area contributed by atoms with Gasteiger partial charge in [-0.3, -0.25) is 4.79 Å². The van der Waals surface area contributed by atoms with Crippen molar-refractivity contribution in [3.05, 3.63) is 23.8 Å². The fourth-order valence-corrected chi connectivity index (χ4v) is 2.94. The summed E-state index contributed by atoms with van der Waals surface area (Å²) in [5.41, 5.74) is 3.37. The third-order valence-corrected chi connectivity index (χ3v) is 4.13. The van der Waals surface area contributed by atoms with E-state index < -0.39 is 5.97 Å². The number of hydrogen-bond donors (Lipinski definition) is 1. The molecule has 0 saturated carbocycles. The molecule has 1 N–H and O–H groups in total. The van der Waals surface area contributed by atoms with E-state index in [-0.39, 0.29) is 6.42 Å². The number of imidazole rings is 1. The molecule has 0 bridgehead atoms. The van der Waals surface area contributed by atoms with Crippen LogP contribution >= 0.6 is 11.8 Å². The highest BCUT2D eigenvalue weighted by molar-refractivity contribution is 7.99. The lowest BCUT2D eigenvalue weighted by atomic mass is 10.2. The number of hydrogen-bond acceptors (Lipinski definition) is 3. The average Bonchev–Trinajstić information content (AvgIpc) is 2.65. The van der Waals surface area contributed by atoms with Crippen LogP contribution in [0.1, 0.15) is 24.8 Å². The van der Waals surface area contributed by atoms with Crippen LogP contribution in [0.15, 0.2) is 23.4 Å². The van der Waals surface area contributed by atoms with Crippen LogP contribution < -0.4 is 0 Å². The molecule has 0 spiro atoms. The minimum absolute atomic E-state index is 0.252. The number of aliphatic carboxylic acids is 1. The molecule has 1 heterocycles. The monoisotopic (exact) mass is 278 g/mol. The van der Waals surface area contributed by atoms with Crippen LogP contribution in [0.3, 0.4) is 0 Å². The summed E-state index contributed by atoms with van der Waals surface area (Å²) in [4.78, 5) is 15.0. The van der Waals surface area contributed by atoms with Crippen molar-refractivity contribution in [2.24, 2.45) is 7.05 Å². The van der Waals surface area contributed by atoms with Gasteiger partial charge in [-0.25, -0.2) is 4.98 Å². The Morgan fingerprint density at radius 2 is 2.21 bits per heavy atom. The van der Waals surface area contributed by atoms with Gasteiger partial charge in [-0.15, -0.1) is 0 Å². The second-order valence-corrected chi connectivity index (χ2v) is 5.71. The van der Waals surface area contributed by atoms with Gasteiger partial charge in [-0.05, 0) is 37.5 Å². The molecule has 0 atom stereocenters. The fraction of sp³-hybridized carbons (Fsp3) is 0.429. The second-order valence-electron chi connectivity index (χ2n) is 4.64. The number of carbonyl (C=O) groups is 1. The lowest BCUT2D eigenvalue weighted by Crippen LogP contribution is -1.95. The van der Waals surface area contributed by atoms with Crippen LogP contribution in [0.2, 0.25) is 0 Å². The normalized spacial score (nSPS) is 11.1. The molecule has 0 aliphatic carbocycles. The summed E-state index contributed by atoms with van der Waals surface area (Å²) >= 11 is 1.69. The summed E-state index contributed by atoms with van der Waals surface area (Å²) in [6.45, 7) is 2.06.